The van der Waals surface area contributed by atoms with Gasteiger partial charge in [-0.1, -0.05) is 18.5 Å². The highest BCUT2D eigenvalue weighted by molar-refractivity contribution is 6.30. The zero-order valence-electron chi connectivity index (χ0n) is 10.5. The van der Waals surface area contributed by atoms with E-state index in [0.29, 0.717) is 17.0 Å². The minimum Gasteiger partial charge on any atom is -0.480 e. The first kappa shape index (κ1) is 13.2. The van der Waals surface area contributed by atoms with Gasteiger partial charge in [-0.2, -0.15) is 0 Å². The molecule has 98 valence electrons. The van der Waals surface area contributed by atoms with Gasteiger partial charge in [0.05, 0.1) is 0 Å². The Bertz CT molecular complexity index is 414. The molecule has 4 heteroatoms. The lowest BCUT2D eigenvalue weighted by atomic mass is 10.1. The van der Waals surface area contributed by atoms with Crippen LogP contribution in [0.4, 0.5) is 5.69 Å². The number of carboxylic acid groups (broad SMARTS) is 1. The van der Waals surface area contributed by atoms with E-state index < -0.39 is 5.97 Å². The average molecular weight is 268 g/mol. The van der Waals surface area contributed by atoms with E-state index in [2.05, 4.69) is 6.92 Å². The summed E-state index contributed by atoms with van der Waals surface area (Å²) in [6.45, 7) is 2.17. The molecule has 1 aliphatic carbocycles. The van der Waals surface area contributed by atoms with Gasteiger partial charge < -0.3 is 10.0 Å². The van der Waals surface area contributed by atoms with Crippen LogP contribution in [-0.4, -0.2) is 23.7 Å². The van der Waals surface area contributed by atoms with E-state index in [-0.39, 0.29) is 6.54 Å². The average Bonchev–Trinajstić information content (AvgIpc) is 3.14. The molecule has 0 aliphatic heterocycles. The number of nitrogens with zero attached hydrogens (tertiary/aromatic N) is 1. The Hall–Kier alpha value is -1.22. The fourth-order valence-corrected chi connectivity index (χ4v) is 2.59. The Balaban J connectivity index is 2.22. The molecule has 0 amide bonds. The second-order valence-corrected chi connectivity index (χ2v) is 5.25. The molecule has 3 nitrogen and oxygen atoms in total. The van der Waals surface area contributed by atoms with Gasteiger partial charge >= 0.3 is 5.97 Å². The third-order valence-electron chi connectivity index (χ3n) is 3.45. The zero-order valence-corrected chi connectivity index (χ0v) is 11.2. The van der Waals surface area contributed by atoms with Crippen LogP contribution < -0.4 is 4.90 Å². The molecule has 0 spiro atoms. The Kier molecular flexibility index (Phi) is 4.12. The number of anilines is 1. The number of hydrogen-bond acceptors (Lipinski definition) is 2. The Morgan fingerprint density at radius 3 is 2.50 bits per heavy atom. The SMILES string of the molecule is CCC(C1CC1)N(CC(=O)O)c1ccc(Cl)cc1. The number of aliphatic carboxylic acids is 1. The highest BCUT2D eigenvalue weighted by atomic mass is 35.5. The summed E-state index contributed by atoms with van der Waals surface area (Å²) in [6, 6.07) is 7.74. The van der Waals surface area contributed by atoms with Crippen LogP contribution in [0.2, 0.25) is 5.02 Å². The molecule has 1 N–H and O–H groups in total. The van der Waals surface area contributed by atoms with E-state index in [4.69, 9.17) is 16.7 Å². The third kappa shape index (κ3) is 3.16. The van der Waals surface area contributed by atoms with Gasteiger partial charge in [0.2, 0.25) is 0 Å². The van der Waals surface area contributed by atoms with Gasteiger partial charge in [-0.3, -0.25) is 4.79 Å². The fraction of sp³-hybridized carbons (Fsp3) is 0.500. The number of carboxylic acids is 1. The molecular formula is C14H18ClNO2. The molecule has 2 rings (SSSR count). The molecule has 0 heterocycles. The van der Waals surface area contributed by atoms with Gasteiger partial charge in [-0.05, 0) is 49.4 Å². The largest absolute Gasteiger partial charge is 0.480 e. The topological polar surface area (TPSA) is 40.5 Å². The van der Waals surface area contributed by atoms with Crippen LogP contribution in [0.15, 0.2) is 24.3 Å². The zero-order chi connectivity index (χ0) is 13.1. The van der Waals surface area contributed by atoms with Gasteiger partial charge in [-0.25, -0.2) is 0 Å². The maximum absolute atomic E-state index is 11.0. The fourth-order valence-electron chi connectivity index (χ4n) is 2.47. The van der Waals surface area contributed by atoms with Crippen molar-refractivity contribution in [3.63, 3.8) is 0 Å². The van der Waals surface area contributed by atoms with Gasteiger partial charge in [0.1, 0.15) is 6.54 Å². The van der Waals surface area contributed by atoms with Crippen LogP contribution >= 0.6 is 11.6 Å². The molecule has 0 bridgehead atoms. The molecule has 1 fully saturated rings. The van der Waals surface area contributed by atoms with Gasteiger partial charge in [0.25, 0.3) is 0 Å². The monoisotopic (exact) mass is 267 g/mol. The van der Waals surface area contributed by atoms with Gasteiger partial charge in [0.15, 0.2) is 0 Å². The molecule has 1 unspecified atom stereocenters. The summed E-state index contributed by atoms with van der Waals surface area (Å²) >= 11 is 5.88. The maximum atomic E-state index is 11.0. The summed E-state index contributed by atoms with van der Waals surface area (Å²) in [5.41, 5.74) is 0.945. The smallest absolute Gasteiger partial charge is 0.323 e. The first-order valence-electron chi connectivity index (χ1n) is 6.35. The van der Waals surface area contributed by atoms with Crippen LogP contribution in [-0.2, 0) is 4.79 Å². The van der Waals surface area contributed by atoms with Crippen molar-refractivity contribution in [2.45, 2.75) is 32.2 Å². The van der Waals surface area contributed by atoms with Crippen molar-refractivity contribution in [3.8, 4) is 0 Å². The minimum absolute atomic E-state index is 0.0522. The Labute approximate surface area is 112 Å². The number of hydrogen-bond donors (Lipinski definition) is 1. The van der Waals surface area contributed by atoms with Crippen LogP contribution in [0.3, 0.4) is 0 Å². The van der Waals surface area contributed by atoms with Crippen LogP contribution in [0.1, 0.15) is 26.2 Å². The Morgan fingerprint density at radius 2 is 2.06 bits per heavy atom. The second-order valence-electron chi connectivity index (χ2n) is 4.81. The van der Waals surface area contributed by atoms with Crippen LogP contribution in [0, 0.1) is 5.92 Å². The lowest BCUT2D eigenvalue weighted by Crippen LogP contribution is -2.40. The van der Waals surface area contributed by atoms with Crippen molar-refractivity contribution in [1.29, 1.82) is 0 Å². The van der Waals surface area contributed by atoms with Crippen LogP contribution in [0.5, 0.6) is 0 Å². The minimum atomic E-state index is -0.788. The standard InChI is InChI=1S/C14H18ClNO2/c1-2-13(10-3-4-10)16(9-14(17)18)12-7-5-11(15)6-8-12/h5-8,10,13H,2-4,9H2,1H3,(H,17,18). The third-order valence-corrected chi connectivity index (χ3v) is 3.70. The molecule has 1 aromatic rings. The maximum Gasteiger partial charge on any atom is 0.323 e. The molecule has 0 aromatic heterocycles. The van der Waals surface area contributed by atoms with Crippen LogP contribution in [0.25, 0.3) is 0 Å². The van der Waals surface area contributed by atoms with E-state index in [1.807, 2.05) is 29.2 Å². The first-order chi connectivity index (χ1) is 8.61. The van der Waals surface area contributed by atoms with Crippen molar-refractivity contribution in [3.05, 3.63) is 29.3 Å². The molecule has 1 saturated carbocycles. The van der Waals surface area contributed by atoms with E-state index >= 15 is 0 Å². The molecule has 1 aliphatic rings. The number of halogens is 1. The van der Waals surface area contributed by atoms with Crippen molar-refractivity contribution < 1.29 is 9.90 Å². The lowest BCUT2D eigenvalue weighted by molar-refractivity contribution is -0.135. The summed E-state index contributed by atoms with van der Waals surface area (Å²) < 4.78 is 0. The Morgan fingerprint density at radius 1 is 1.44 bits per heavy atom. The summed E-state index contributed by atoms with van der Waals surface area (Å²) in [4.78, 5) is 13.0. The van der Waals surface area contributed by atoms with Gasteiger partial charge in [0, 0.05) is 16.8 Å². The first-order valence-corrected chi connectivity index (χ1v) is 6.73. The van der Waals surface area contributed by atoms with E-state index in [1.54, 1.807) is 0 Å². The molecule has 1 aromatic carbocycles. The molecular weight excluding hydrogens is 250 g/mol. The van der Waals surface area contributed by atoms with Crippen molar-refractivity contribution in [1.82, 2.24) is 0 Å². The van der Waals surface area contributed by atoms with E-state index in [1.165, 1.54) is 12.8 Å². The van der Waals surface area contributed by atoms with E-state index in [0.717, 1.165) is 12.1 Å². The number of rotatable bonds is 6. The number of carbonyl (C=O) groups is 1. The molecule has 0 radical (unpaired) electrons. The molecule has 0 saturated heterocycles. The number of benzene rings is 1. The summed E-state index contributed by atoms with van der Waals surface area (Å²) in [5, 5.41) is 9.75. The second kappa shape index (κ2) is 5.61. The molecule has 1 atom stereocenters. The van der Waals surface area contributed by atoms with Gasteiger partial charge in [-0.15, -0.1) is 0 Å². The summed E-state index contributed by atoms with van der Waals surface area (Å²) in [7, 11) is 0. The van der Waals surface area contributed by atoms with E-state index in [9.17, 15) is 4.79 Å². The molecule has 18 heavy (non-hydrogen) atoms. The lowest BCUT2D eigenvalue weighted by Gasteiger charge is -2.32. The van der Waals surface area contributed by atoms with Crippen molar-refractivity contribution in [2.24, 2.45) is 5.92 Å². The summed E-state index contributed by atoms with van der Waals surface area (Å²) in [5.74, 6) is -0.144. The quantitative estimate of drug-likeness (QED) is 0.859. The van der Waals surface area contributed by atoms with Crippen molar-refractivity contribution >= 4 is 23.3 Å². The highest BCUT2D eigenvalue weighted by Gasteiger charge is 2.34. The normalized spacial score (nSPS) is 16.3. The summed E-state index contributed by atoms with van der Waals surface area (Å²) in [6.07, 6.45) is 3.39. The predicted molar refractivity (Wildman–Crippen MR) is 73.2 cm³/mol. The highest BCUT2D eigenvalue weighted by Crippen LogP contribution is 2.38. The van der Waals surface area contributed by atoms with Crippen molar-refractivity contribution in [2.75, 3.05) is 11.4 Å². The predicted octanol–water partition coefficient (Wildman–Crippen LogP) is 3.42.